The van der Waals surface area contributed by atoms with Gasteiger partial charge in [0.1, 0.15) is 0 Å². The fourth-order valence-corrected chi connectivity index (χ4v) is 1.77. The Labute approximate surface area is 71.7 Å². The summed E-state index contributed by atoms with van der Waals surface area (Å²) in [6, 6.07) is 8.41. The van der Waals surface area contributed by atoms with Crippen molar-refractivity contribution >= 4 is 23.6 Å². The molecular formula is C10H10S. The van der Waals surface area contributed by atoms with E-state index in [1.807, 2.05) is 0 Å². The van der Waals surface area contributed by atoms with E-state index in [0.29, 0.717) is 0 Å². The molecule has 0 atom stereocenters. The second-order valence-corrected chi connectivity index (χ2v) is 3.32. The van der Waals surface area contributed by atoms with Gasteiger partial charge in [-0.05, 0) is 28.2 Å². The van der Waals surface area contributed by atoms with Crippen molar-refractivity contribution in [3.05, 3.63) is 34.7 Å². The van der Waals surface area contributed by atoms with E-state index in [2.05, 4.69) is 43.0 Å². The molecule has 0 spiro atoms. The molecule has 0 radical (unpaired) electrons. The first-order chi connectivity index (χ1) is 5.38. The molecule has 0 fully saturated rings. The molecule has 1 aromatic rings. The highest BCUT2D eigenvalue weighted by Crippen LogP contribution is 2.10. The Morgan fingerprint density at radius 1 is 1.18 bits per heavy atom. The molecular weight excluding hydrogens is 152 g/mol. The number of thiol groups is 1. The number of fused-ring (bicyclic) bond motifs is 1. The average Bonchev–Trinajstić information content (AvgIpc) is 2.06. The van der Waals surface area contributed by atoms with Gasteiger partial charge in [0.25, 0.3) is 0 Å². The molecule has 2 rings (SSSR count). The van der Waals surface area contributed by atoms with Crippen molar-refractivity contribution in [2.24, 2.45) is 0 Å². The summed E-state index contributed by atoms with van der Waals surface area (Å²) >= 11 is 4.44. The SMILES string of the molecule is SC1=c2ccccc2=CCC1. The molecule has 0 aromatic heterocycles. The minimum Gasteiger partial charge on any atom is -0.147 e. The highest BCUT2D eigenvalue weighted by molar-refractivity contribution is 7.90. The lowest BCUT2D eigenvalue weighted by atomic mass is 10.1. The first-order valence-electron chi connectivity index (χ1n) is 3.85. The lowest BCUT2D eigenvalue weighted by molar-refractivity contribution is 1.11. The van der Waals surface area contributed by atoms with Crippen LogP contribution < -0.4 is 10.4 Å². The summed E-state index contributed by atoms with van der Waals surface area (Å²) < 4.78 is 0. The van der Waals surface area contributed by atoms with E-state index in [4.69, 9.17) is 0 Å². The van der Waals surface area contributed by atoms with Crippen LogP contribution in [0.4, 0.5) is 0 Å². The molecule has 0 amide bonds. The van der Waals surface area contributed by atoms with E-state index in [0.717, 1.165) is 12.8 Å². The Morgan fingerprint density at radius 3 is 2.82 bits per heavy atom. The quantitative estimate of drug-likeness (QED) is 0.546. The standard InChI is InChI=1S/C10H10S/c11-10-7-3-5-8-4-1-2-6-9(8)10/h1-2,4-6,11H,3,7H2. The topological polar surface area (TPSA) is 0 Å². The van der Waals surface area contributed by atoms with E-state index in [1.54, 1.807) is 0 Å². The molecule has 11 heavy (non-hydrogen) atoms. The van der Waals surface area contributed by atoms with Gasteiger partial charge < -0.3 is 0 Å². The monoisotopic (exact) mass is 162 g/mol. The Bertz CT molecular complexity index is 376. The number of benzene rings is 1. The summed E-state index contributed by atoms with van der Waals surface area (Å²) in [5.74, 6) is 0. The van der Waals surface area contributed by atoms with Crippen molar-refractivity contribution < 1.29 is 0 Å². The van der Waals surface area contributed by atoms with Crippen LogP contribution in [0.1, 0.15) is 12.8 Å². The fourth-order valence-electron chi connectivity index (χ4n) is 1.44. The molecule has 0 heterocycles. The lowest BCUT2D eigenvalue weighted by Gasteiger charge is -2.03. The second-order valence-electron chi connectivity index (χ2n) is 2.78. The molecule has 1 aliphatic carbocycles. The molecule has 0 saturated carbocycles. The van der Waals surface area contributed by atoms with E-state index in [1.165, 1.54) is 15.3 Å². The first kappa shape index (κ1) is 6.99. The third kappa shape index (κ3) is 1.21. The summed E-state index contributed by atoms with van der Waals surface area (Å²) in [5.41, 5.74) is 0. The molecule has 0 unspecified atom stereocenters. The molecule has 0 aliphatic heterocycles. The second kappa shape index (κ2) is 2.74. The first-order valence-corrected chi connectivity index (χ1v) is 4.30. The van der Waals surface area contributed by atoms with Gasteiger partial charge >= 0.3 is 0 Å². The average molecular weight is 162 g/mol. The number of rotatable bonds is 0. The maximum atomic E-state index is 4.44. The predicted octanol–water partition coefficient (Wildman–Crippen LogP) is 1.30. The molecule has 0 bridgehead atoms. The Balaban J connectivity index is 2.89. The molecule has 1 aliphatic rings. The molecule has 1 aromatic carbocycles. The molecule has 0 nitrogen and oxygen atoms in total. The zero-order valence-electron chi connectivity index (χ0n) is 6.25. The van der Waals surface area contributed by atoms with Crippen molar-refractivity contribution in [1.29, 1.82) is 0 Å². The number of hydrogen-bond donors (Lipinski definition) is 1. The fraction of sp³-hybridized carbons (Fsp3) is 0.200. The minimum absolute atomic E-state index is 1.10. The van der Waals surface area contributed by atoms with Crippen molar-refractivity contribution in [1.82, 2.24) is 0 Å². The van der Waals surface area contributed by atoms with Gasteiger partial charge in [0.2, 0.25) is 0 Å². The Morgan fingerprint density at radius 2 is 2.00 bits per heavy atom. The molecule has 56 valence electrons. The van der Waals surface area contributed by atoms with Crippen molar-refractivity contribution in [2.75, 3.05) is 0 Å². The van der Waals surface area contributed by atoms with E-state index < -0.39 is 0 Å². The third-order valence-corrected chi connectivity index (χ3v) is 2.48. The maximum absolute atomic E-state index is 4.44. The Hall–Kier alpha value is -0.690. The summed E-state index contributed by atoms with van der Waals surface area (Å²) in [7, 11) is 0. The van der Waals surface area contributed by atoms with Crippen LogP contribution in [0.25, 0.3) is 11.0 Å². The summed E-state index contributed by atoms with van der Waals surface area (Å²) in [5, 5.41) is 2.64. The van der Waals surface area contributed by atoms with Gasteiger partial charge in [-0.3, -0.25) is 0 Å². The molecule has 0 saturated heterocycles. The zero-order chi connectivity index (χ0) is 7.68. The summed E-state index contributed by atoms with van der Waals surface area (Å²) in [4.78, 5) is 1.23. The zero-order valence-corrected chi connectivity index (χ0v) is 7.14. The third-order valence-electron chi connectivity index (χ3n) is 2.02. The van der Waals surface area contributed by atoms with E-state index >= 15 is 0 Å². The highest BCUT2D eigenvalue weighted by atomic mass is 32.1. The van der Waals surface area contributed by atoms with Gasteiger partial charge in [0, 0.05) is 0 Å². The molecule has 1 heteroatoms. The van der Waals surface area contributed by atoms with Gasteiger partial charge in [-0.1, -0.05) is 30.3 Å². The van der Waals surface area contributed by atoms with Gasteiger partial charge in [-0.15, -0.1) is 12.6 Å². The highest BCUT2D eigenvalue weighted by Gasteiger charge is 1.97. The van der Waals surface area contributed by atoms with E-state index in [-0.39, 0.29) is 0 Å². The van der Waals surface area contributed by atoms with Crippen LogP contribution >= 0.6 is 12.6 Å². The van der Waals surface area contributed by atoms with Crippen molar-refractivity contribution in [3.63, 3.8) is 0 Å². The predicted molar refractivity (Wildman–Crippen MR) is 51.8 cm³/mol. The van der Waals surface area contributed by atoms with Crippen LogP contribution in [-0.2, 0) is 0 Å². The summed E-state index contributed by atoms with van der Waals surface area (Å²) in [6.45, 7) is 0. The van der Waals surface area contributed by atoms with Crippen LogP contribution in [0, 0.1) is 0 Å². The van der Waals surface area contributed by atoms with E-state index in [9.17, 15) is 0 Å². The van der Waals surface area contributed by atoms with Crippen LogP contribution in [0.15, 0.2) is 24.3 Å². The lowest BCUT2D eigenvalue weighted by Crippen LogP contribution is -2.27. The van der Waals surface area contributed by atoms with Crippen molar-refractivity contribution in [3.8, 4) is 0 Å². The largest absolute Gasteiger partial charge is 0.147 e. The molecule has 0 N–H and O–H groups in total. The normalized spacial score (nSPS) is 15.5. The summed E-state index contributed by atoms with van der Waals surface area (Å²) in [6.07, 6.45) is 4.50. The van der Waals surface area contributed by atoms with Crippen LogP contribution in [-0.4, -0.2) is 0 Å². The van der Waals surface area contributed by atoms with Gasteiger partial charge in [-0.25, -0.2) is 0 Å². The smallest absolute Gasteiger partial charge is 0.00944 e. The van der Waals surface area contributed by atoms with Crippen LogP contribution in [0.2, 0.25) is 0 Å². The van der Waals surface area contributed by atoms with Gasteiger partial charge in [-0.2, -0.15) is 0 Å². The van der Waals surface area contributed by atoms with Gasteiger partial charge in [0.15, 0.2) is 0 Å². The minimum atomic E-state index is 1.10. The van der Waals surface area contributed by atoms with Gasteiger partial charge in [0.05, 0.1) is 0 Å². The number of hydrogen-bond acceptors (Lipinski definition) is 1. The Kier molecular flexibility index (Phi) is 1.74. The maximum Gasteiger partial charge on any atom is -0.00944 e. The van der Waals surface area contributed by atoms with Crippen molar-refractivity contribution in [2.45, 2.75) is 12.8 Å². The van der Waals surface area contributed by atoms with Crippen LogP contribution in [0.5, 0.6) is 0 Å². The van der Waals surface area contributed by atoms with Crippen LogP contribution in [0.3, 0.4) is 0 Å².